The fourth-order valence-electron chi connectivity index (χ4n) is 3.60. The largest absolute Gasteiger partial charge is 0.378 e. The maximum absolute atomic E-state index is 13.7. The van der Waals surface area contributed by atoms with E-state index in [1.165, 1.54) is 6.92 Å². The van der Waals surface area contributed by atoms with Crippen LogP contribution in [0.25, 0.3) is 0 Å². The molecule has 0 saturated carbocycles. The normalized spacial score (nSPS) is 20.1. The Morgan fingerprint density at radius 3 is 2.34 bits per heavy atom. The number of nitrogens with zero attached hydrogens (tertiary/aromatic N) is 1. The van der Waals surface area contributed by atoms with E-state index in [0.717, 1.165) is 12.1 Å². The number of carbonyl (C=O) groups excluding carboxylic acids is 3. The highest BCUT2D eigenvalue weighted by molar-refractivity contribution is 6.04. The Balaban J connectivity index is 2.10. The number of benzene rings is 2. The minimum Gasteiger partial charge on any atom is -0.378 e. The van der Waals surface area contributed by atoms with Crippen LogP contribution in [0.4, 0.5) is 8.78 Å². The number of nitrogens with two attached hydrogens (primary N) is 1. The molecule has 2 aromatic carbocycles. The summed E-state index contributed by atoms with van der Waals surface area (Å²) in [7, 11) is 0. The molecule has 3 rings (SSSR count). The third kappa shape index (κ3) is 4.90. The second-order valence-corrected chi connectivity index (χ2v) is 7.50. The number of rotatable bonds is 5. The van der Waals surface area contributed by atoms with Gasteiger partial charge in [0.05, 0.1) is 6.04 Å². The zero-order valence-electron chi connectivity index (χ0n) is 17.2. The minimum absolute atomic E-state index is 0.171. The molecule has 4 N–H and O–H groups in total. The van der Waals surface area contributed by atoms with Gasteiger partial charge in [-0.1, -0.05) is 42.5 Å². The molecule has 4 atom stereocenters. The number of halogens is 2. The molecule has 32 heavy (non-hydrogen) atoms. The van der Waals surface area contributed by atoms with Crippen LogP contribution < -0.4 is 11.1 Å². The fourth-order valence-corrected chi connectivity index (χ4v) is 3.60. The topological polar surface area (TPSA) is 113 Å². The van der Waals surface area contributed by atoms with E-state index in [2.05, 4.69) is 5.32 Å². The second-order valence-electron chi connectivity index (χ2n) is 7.50. The van der Waals surface area contributed by atoms with Crippen LogP contribution in [0.2, 0.25) is 0 Å². The molecule has 1 aliphatic heterocycles. The average molecular weight is 443 g/mol. The van der Waals surface area contributed by atoms with E-state index < -0.39 is 59.0 Å². The van der Waals surface area contributed by atoms with Gasteiger partial charge in [0.15, 0.2) is 6.10 Å². The van der Waals surface area contributed by atoms with Crippen LogP contribution in [-0.4, -0.2) is 46.4 Å². The molecule has 0 radical (unpaired) electrons. The zero-order valence-corrected chi connectivity index (χ0v) is 17.2. The van der Waals surface area contributed by atoms with E-state index >= 15 is 0 Å². The fraction of sp³-hybridized carbons (Fsp3) is 0.261. The summed E-state index contributed by atoms with van der Waals surface area (Å²) in [5.41, 5.74) is 6.00. The van der Waals surface area contributed by atoms with E-state index in [-0.39, 0.29) is 6.54 Å². The van der Waals surface area contributed by atoms with Gasteiger partial charge in [0, 0.05) is 18.5 Å². The summed E-state index contributed by atoms with van der Waals surface area (Å²) < 4.78 is 27.3. The van der Waals surface area contributed by atoms with Crippen molar-refractivity contribution in [2.45, 2.75) is 31.0 Å². The summed E-state index contributed by atoms with van der Waals surface area (Å²) in [6, 6.07) is 8.31. The molecule has 1 aliphatic rings. The molecule has 0 saturated heterocycles. The number of amides is 3. The van der Waals surface area contributed by atoms with Crippen molar-refractivity contribution >= 4 is 17.7 Å². The van der Waals surface area contributed by atoms with E-state index in [9.17, 15) is 28.3 Å². The van der Waals surface area contributed by atoms with Gasteiger partial charge in [-0.2, -0.15) is 0 Å². The first kappa shape index (κ1) is 23.2. The quantitative estimate of drug-likeness (QED) is 0.607. The van der Waals surface area contributed by atoms with Gasteiger partial charge in [0.2, 0.25) is 11.8 Å². The van der Waals surface area contributed by atoms with E-state index in [4.69, 9.17) is 5.73 Å². The second kappa shape index (κ2) is 9.80. The van der Waals surface area contributed by atoms with Gasteiger partial charge in [0.25, 0.3) is 5.91 Å². The third-order valence-electron chi connectivity index (χ3n) is 5.11. The Hall–Kier alpha value is -3.43. The Morgan fingerprint density at radius 2 is 1.75 bits per heavy atom. The van der Waals surface area contributed by atoms with Gasteiger partial charge in [-0.3, -0.25) is 19.3 Å². The molecule has 1 heterocycles. The van der Waals surface area contributed by atoms with Gasteiger partial charge in [-0.15, -0.1) is 0 Å². The van der Waals surface area contributed by atoms with Crippen molar-refractivity contribution < 1.29 is 28.3 Å². The first-order valence-corrected chi connectivity index (χ1v) is 9.96. The highest BCUT2D eigenvalue weighted by atomic mass is 19.1. The Labute approximate surface area is 183 Å². The molecule has 7 nitrogen and oxygen atoms in total. The number of imide groups is 1. The summed E-state index contributed by atoms with van der Waals surface area (Å²) in [5, 5.41) is 13.2. The van der Waals surface area contributed by atoms with Crippen molar-refractivity contribution in [3.8, 4) is 0 Å². The summed E-state index contributed by atoms with van der Waals surface area (Å²) in [6.07, 6.45) is 1.27. The predicted octanol–water partition coefficient (Wildman–Crippen LogP) is 1.54. The Morgan fingerprint density at radius 1 is 1.12 bits per heavy atom. The van der Waals surface area contributed by atoms with Crippen LogP contribution in [0.3, 0.4) is 0 Å². The first-order chi connectivity index (χ1) is 15.2. The number of hydrogen-bond donors (Lipinski definition) is 3. The average Bonchev–Trinajstić information content (AvgIpc) is 2.95. The molecule has 0 unspecified atom stereocenters. The smallest absolute Gasteiger partial charge is 0.263 e. The van der Waals surface area contributed by atoms with Gasteiger partial charge < -0.3 is 16.2 Å². The van der Waals surface area contributed by atoms with Crippen molar-refractivity contribution in [1.82, 2.24) is 10.2 Å². The number of aliphatic hydroxyl groups is 1. The standard InChI is InChI=1S/C23H23F2N3O4/c1-13(26)22(31)28(23(32)20(29)15-10-16(24)12-17(25)11-15)19-18(8-5-9-27-21(19)30)14-6-3-2-4-7-14/h2-8,10-13,18-20,29H,9,26H2,1H3,(H,27,30)/t13-,18-,19-,20+/m0/s1. The summed E-state index contributed by atoms with van der Waals surface area (Å²) >= 11 is 0. The van der Waals surface area contributed by atoms with Gasteiger partial charge in [-0.05, 0) is 30.2 Å². The zero-order chi connectivity index (χ0) is 23.4. The first-order valence-electron chi connectivity index (χ1n) is 9.96. The van der Waals surface area contributed by atoms with Crippen LogP contribution in [0.1, 0.15) is 30.1 Å². The number of hydrogen-bond acceptors (Lipinski definition) is 5. The molecule has 0 spiro atoms. The highest BCUT2D eigenvalue weighted by Gasteiger charge is 2.43. The minimum atomic E-state index is -2.10. The van der Waals surface area contributed by atoms with Crippen LogP contribution in [0.15, 0.2) is 60.7 Å². The molecule has 0 aliphatic carbocycles. The van der Waals surface area contributed by atoms with Gasteiger partial charge >= 0.3 is 0 Å². The van der Waals surface area contributed by atoms with Crippen LogP contribution >= 0.6 is 0 Å². The van der Waals surface area contributed by atoms with Crippen LogP contribution in [-0.2, 0) is 14.4 Å². The van der Waals surface area contributed by atoms with E-state index in [1.807, 2.05) is 0 Å². The third-order valence-corrected chi connectivity index (χ3v) is 5.11. The lowest BCUT2D eigenvalue weighted by Gasteiger charge is -2.35. The molecule has 0 bridgehead atoms. The molecular formula is C23H23F2N3O4. The lowest BCUT2D eigenvalue weighted by atomic mass is 9.89. The lowest BCUT2D eigenvalue weighted by Crippen LogP contribution is -2.58. The van der Waals surface area contributed by atoms with Crippen molar-refractivity contribution in [2.24, 2.45) is 5.73 Å². The monoisotopic (exact) mass is 443 g/mol. The summed E-state index contributed by atoms with van der Waals surface area (Å²) in [6.45, 7) is 1.50. The van der Waals surface area contributed by atoms with E-state index in [1.54, 1.807) is 42.5 Å². The highest BCUT2D eigenvalue weighted by Crippen LogP contribution is 2.30. The molecule has 168 valence electrons. The van der Waals surface area contributed by atoms with Crippen molar-refractivity contribution in [2.75, 3.05) is 6.54 Å². The molecule has 9 heteroatoms. The Bertz CT molecular complexity index is 1020. The predicted molar refractivity (Wildman–Crippen MR) is 112 cm³/mol. The van der Waals surface area contributed by atoms with Crippen molar-refractivity contribution in [3.05, 3.63) is 83.4 Å². The van der Waals surface area contributed by atoms with Gasteiger partial charge in [-0.25, -0.2) is 8.78 Å². The van der Waals surface area contributed by atoms with Crippen LogP contribution in [0, 0.1) is 11.6 Å². The molecule has 0 fully saturated rings. The Kier molecular flexibility index (Phi) is 7.12. The number of nitrogens with one attached hydrogen (secondary N) is 1. The van der Waals surface area contributed by atoms with Gasteiger partial charge in [0.1, 0.15) is 17.7 Å². The molecule has 0 aromatic heterocycles. The van der Waals surface area contributed by atoms with Crippen molar-refractivity contribution in [3.63, 3.8) is 0 Å². The SMILES string of the molecule is C[C@H](N)C(=O)N(C(=O)[C@H](O)c1cc(F)cc(F)c1)[C@@H]1C(=O)NCC=C[C@H]1c1ccccc1. The summed E-state index contributed by atoms with van der Waals surface area (Å²) in [4.78, 5) is 39.9. The maximum atomic E-state index is 13.7. The molecular weight excluding hydrogens is 420 g/mol. The van der Waals surface area contributed by atoms with Crippen molar-refractivity contribution in [1.29, 1.82) is 0 Å². The maximum Gasteiger partial charge on any atom is 0.263 e. The molecule has 2 aromatic rings. The number of carbonyl (C=O) groups is 3. The van der Waals surface area contributed by atoms with Crippen LogP contribution in [0.5, 0.6) is 0 Å². The number of aliphatic hydroxyl groups excluding tert-OH is 1. The lowest BCUT2D eigenvalue weighted by molar-refractivity contribution is -0.158. The molecule has 3 amide bonds. The van der Waals surface area contributed by atoms with E-state index in [0.29, 0.717) is 16.5 Å². The summed E-state index contributed by atoms with van der Waals surface area (Å²) in [5.74, 6) is -5.51.